The average Bonchev–Trinajstić information content (AvgIpc) is 3.08. The molecule has 0 saturated carbocycles. The summed E-state index contributed by atoms with van der Waals surface area (Å²) in [6.45, 7) is 4.75. The number of nitrogens with zero attached hydrogens (tertiary/aromatic N) is 3. The molecule has 0 aliphatic carbocycles. The zero-order chi connectivity index (χ0) is 13.8. The highest BCUT2D eigenvalue weighted by Gasteiger charge is 2.12. The van der Waals surface area contributed by atoms with Crippen LogP contribution in [-0.2, 0) is 6.42 Å². The van der Waals surface area contributed by atoms with Gasteiger partial charge < -0.3 is 14.9 Å². The third kappa shape index (κ3) is 2.94. The number of fused-ring (bicyclic) bond motifs is 1. The fourth-order valence-corrected chi connectivity index (χ4v) is 2.71. The Bertz CT molecular complexity index is 560. The summed E-state index contributed by atoms with van der Waals surface area (Å²) in [4.78, 5) is 7.05. The Balaban J connectivity index is 1.66. The number of rotatable bonds is 6. The van der Waals surface area contributed by atoms with Gasteiger partial charge in [0.1, 0.15) is 6.61 Å². The average molecular weight is 274 g/mol. The highest BCUT2D eigenvalue weighted by molar-refractivity contribution is 5.54. The lowest BCUT2D eigenvalue weighted by Crippen LogP contribution is -2.25. The van der Waals surface area contributed by atoms with E-state index in [9.17, 15) is 0 Å². The van der Waals surface area contributed by atoms with Gasteiger partial charge in [0, 0.05) is 25.4 Å². The molecule has 1 saturated heterocycles. The number of likely N-dealkylation sites (tertiary alicyclic amines) is 1. The molecule has 0 unspecified atom stereocenters. The lowest BCUT2D eigenvalue weighted by molar-refractivity contribution is 0.239. The first-order chi connectivity index (χ1) is 9.86. The molecule has 0 aromatic carbocycles. The van der Waals surface area contributed by atoms with Gasteiger partial charge in [0.25, 0.3) is 0 Å². The van der Waals surface area contributed by atoms with E-state index >= 15 is 0 Å². The standard InChI is InChI=1S/C15H22N4O/c16-6-5-13-12-19-9-3-4-14(15(19)17-13)20-11-10-18-7-1-2-8-18/h3-4,9,12H,1-2,5-8,10-11,16H2. The first-order valence-electron chi connectivity index (χ1n) is 7.38. The van der Waals surface area contributed by atoms with Crippen LogP contribution in [0.15, 0.2) is 24.5 Å². The summed E-state index contributed by atoms with van der Waals surface area (Å²) in [5, 5.41) is 0. The molecule has 0 spiro atoms. The van der Waals surface area contributed by atoms with Gasteiger partial charge in [-0.2, -0.15) is 0 Å². The number of hydrogen-bond acceptors (Lipinski definition) is 4. The topological polar surface area (TPSA) is 55.8 Å². The first kappa shape index (κ1) is 13.4. The molecule has 2 aromatic rings. The smallest absolute Gasteiger partial charge is 0.179 e. The molecule has 2 aromatic heterocycles. The van der Waals surface area contributed by atoms with Crippen LogP contribution >= 0.6 is 0 Å². The van der Waals surface area contributed by atoms with E-state index in [0.717, 1.165) is 36.7 Å². The number of hydrogen-bond donors (Lipinski definition) is 1. The summed E-state index contributed by atoms with van der Waals surface area (Å²) in [5.41, 5.74) is 7.49. The normalized spacial score (nSPS) is 16.1. The van der Waals surface area contributed by atoms with Crippen molar-refractivity contribution in [2.75, 3.05) is 32.8 Å². The van der Waals surface area contributed by atoms with E-state index < -0.39 is 0 Å². The van der Waals surface area contributed by atoms with Crippen molar-refractivity contribution in [3.05, 3.63) is 30.2 Å². The Morgan fingerprint density at radius 3 is 2.95 bits per heavy atom. The van der Waals surface area contributed by atoms with Gasteiger partial charge in [-0.15, -0.1) is 0 Å². The van der Waals surface area contributed by atoms with Gasteiger partial charge in [-0.25, -0.2) is 4.98 Å². The van der Waals surface area contributed by atoms with Crippen LogP contribution in [0.1, 0.15) is 18.5 Å². The van der Waals surface area contributed by atoms with Gasteiger partial charge in [-0.05, 0) is 44.6 Å². The number of imidazole rings is 1. The Hall–Kier alpha value is -1.59. The van der Waals surface area contributed by atoms with E-state index in [0.29, 0.717) is 6.54 Å². The minimum absolute atomic E-state index is 0.620. The van der Waals surface area contributed by atoms with Gasteiger partial charge in [-0.3, -0.25) is 4.90 Å². The number of pyridine rings is 1. The quantitative estimate of drug-likeness (QED) is 0.863. The molecule has 3 rings (SSSR count). The van der Waals surface area contributed by atoms with E-state index in [1.54, 1.807) is 0 Å². The zero-order valence-electron chi connectivity index (χ0n) is 11.8. The summed E-state index contributed by atoms with van der Waals surface area (Å²) in [5.74, 6) is 0.856. The van der Waals surface area contributed by atoms with E-state index in [1.165, 1.54) is 25.9 Å². The van der Waals surface area contributed by atoms with Crippen LogP contribution in [0, 0.1) is 0 Å². The number of nitrogens with two attached hydrogens (primary N) is 1. The molecule has 1 aliphatic heterocycles. The molecule has 0 radical (unpaired) electrons. The van der Waals surface area contributed by atoms with Crippen molar-refractivity contribution in [2.24, 2.45) is 5.73 Å². The fourth-order valence-electron chi connectivity index (χ4n) is 2.71. The monoisotopic (exact) mass is 274 g/mol. The maximum absolute atomic E-state index is 5.92. The Morgan fingerprint density at radius 1 is 1.30 bits per heavy atom. The Kier molecular flexibility index (Phi) is 4.18. The van der Waals surface area contributed by atoms with Crippen LogP contribution in [0.25, 0.3) is 5.65 Å². The maximum Gasteiger partial charge on any atom is 0.179 e. The second-order valence-electron chi connectivity index (χ2n) is 5.27. The molecule has 0 amide bonds. The van der Waals surface area contributed by atoms with E-state index in [2.05, 4.69) is 9.88 Å². The summed E-state index contributed by atoms with van der Waals surface area (Å²) in [7, 11) is 0. The van der Waals surface area contributed by atoms with E-state index in [1.807, 2.05) is 28.9 Å². The first-order valence-corrected chi connectivity index (χ1v) is 7.38. The summed E-state index contributed by atoms with van der Waals surface area (Å²) < 4.78 is 7.93. The number of aromatic nitrogens is 2. The Labute approximate surface area is 119 Å². The minimum atomic E-state index is 0.620. The largest absolute Gasteiger partial charge is 0.488 e. The highest BCUT2D eigenvalue weighted by atomic mass is 16.5. The third-order valence-corrected chi connectivity index (χ3v) is 3.76. The van der Waals surface area contributed by atoms with Crippen LogP contribution in [0.2, 0.25) is 0 Å². The SMILES string of the molecule is NCCc1cn2cccc(OCCN3CCCC3)c2n1. The van der Waals surface area contributed by atoms with Gasteiger partial charge in [0.2, 0.25) is 0 Å². The molecule has 3 heterocycles. The van der Waals surface area contributed by atoms with Crippen molar-refractivity contribution in [3.8, 4) is 5.75 Å². The molecule has 1 aliphatic rings. The second kappa shape index (κ2) is 6.24. The molecule has 108 valence electrons. The van der Waals surface area contributed by atoms with Crippen molar-refractivity contribution in [1.82, 2.24) is 14.3 Å². The predicted molar refractivity (Wildman–Crippen MR) is 79.1 cm³/mol. The van der Waals surface area contributed by atoms with Crippen molar-refractivity contribution in [3.63, 3.8) is 0 Å². The summed E-state index contributed by atoms with van der Waals surface area (Å²) in [6, 6.07) is 3.98. The minimum Gasteiger partial charge on any atom is -0.488 e. The molecular formula is C15H22N4O. The molecule has 2 N–H and O–H groups in total. The van der Waals surface area contributed by atoms with Crippen molar-refractivity contribution in [1.29, 1.82) is 0 Å². The Morgan fingerprint density at radius 2 is 2.15 bits per heavy atom. The highest BCUT2D eigenvalue weighted by Crippen LogP contribution is 2.19. The van der Waals surface area contributed by atoms with Crippen molar-refractivity contribution in [2.45, 2.75) is 19.3 Å². The molecule has 5 heteroatoms. The predicted octanol–water partition coefficient (Wildman–Crippen LogP) is 1.31. The van der Waals surface area contributed by atoms with Crippen LogP contribution in [0.3, 0.4) is 0 Å². The van der Waals surface area contributed by atoms with Gasteiger partial charge >= 0.3 is 0 Å². The second-order valence-corrected chi connectivity index (χ2v) is 5.27. The molecule has 20 heavy (non-hydrogen) atoms. The zero-order valence-corrected chi connectivity index (χ0v) is 11.8. The lowest BCUT2D eigenvalue weighted by Gasteiger charge is -2.15. The maximum atomic E-state index is 5.92. The van der Waals surface area contributed by atoms with Gasteiger partial charge in [0.05, 0.1) is 5.69 Å². The van der Waals surface area contributed by atoms with E-state index in [-0.39, 0.29) is 0 Å². The van der Waals surface area contributed by atoms with Gasteiger partial charge in [-0.1, -0.05) is 0 Å². The van der Waals surface area contributed by atoms with Crippen molar-refractivity contribution < 1.29 is 4.74 Å². The molecule has 1 fully saturated rings. The molecule has 0 atom stereocenters. The summed E-state index contributed by atoms with van der Waals surface area (Å²) >= 11 is 0. The van der Waals surface area contributed by atoms with Crippen LogP contribution in [0.5, 0.6) is 5.75 Å². The van der Waals surface area contributed by atoms with Crippen LogP contribution in [0.4, 0.5) is 0 Å². The van der Waals surface area contributed by atoms with Crippen molar-refractivity contribution >= 4 is 5.65 Å². The third-order valence-electron chi connectivity index (χ3n) is 3.76. The van der Waals surface area contributed by atoms with E-state index in [4.69, 9.17) is 10.5 Å². The van der Waals surface area contributed by atoms with Crippen LogP contribution < -0.4 is 10.5 Å². The molecular weight excluding hydrogens is 252 g/mol. The van der Waals surface area contributed by atoms with Crippen LogP contribution in [-0.4, -0.2) is 47.1 Å². The van der Waals surface area contributed by atoms with Gasteiger partial charge in [0.15, 0.2) is 11.4 Å². The number of ether oxygens (including phenoxy) is 1. The summed E-state index contributed by atoms with van der Waals surface area (Å²) in [6.07, 6.45) is 7.46. The lowest BCUT2D eigenvalue weighted by atomic mass is 10.3. The molecule has 5 nitrogen and oxygen atoms in total. The molecule has 0 bridgehead atoms. The fraction of sp³-hybridized carbons (Fsp3) is 0.533.